The lowest BCUT2D eigenvalue weighted by molar-refractivity contribution is -0.144. The Bertz CT molecular complexity index is 531. The number of β-lactam (4-membered cyclic amide) rings is 1. The van der Waals surface area contributed by atoms with Crippen molar-refractivity contribution >= 4 is 17.8 Å². The number of carboxylic acids is 1. The van der Waals surface area contributed by atoms with Gasteiger partial charge in [-0.25, -0.2) is 0 Å². The molecule has 1 aliphatic rings. The van der Waals surface area contributed by atoms with E-state index in [4.69, 9.17) is 9.84 Å². The van der Waals surface area contributed by atoms with Crippen LogP contribution in [0, 0.1) is 0 Å². The molecule has 1 saturated heterocycles. The minimum atomic E-state index is -1.00. The van der Waals surface area contributed by atoms with Gasteiger partial charge in [0.2, 0.25) is 5.91 Å². The highest BCUT2D eigenvalue weighted by atomic mass is 16.5. The number of benzene rings is 1. The molecule has 3 N–H and O–H groups in total. The third-order valence-corrected chi connectivity index (χ3v) is 3.12. The topological polar surface area (TPSA) is 105 Å². The number of hydrogen-bond donors (Lipinski definition) is 3. The van der Waals surface area contributed by atoms with E-state index in [1.807, 2.05) is 30.3 Å². The van der Waals surface area contributed by atoms with Crippen molar-refractivity contribution in [3.8, 4) is 0 Å². The second-order valence-electron chi connectivity index (χ2n) is 4.72. The first kappa shape index (κ1) is 15.0. The Morgan fingerprint density at radius 2 is 2.00 bits per heavy atom. The monoisotopic (exact) mass is 292 g/mol. The first-order valence-corrected chi connectivity index (χ1v) is 6.51. The molecular weight excluding hydrogens is 276 g/mol. The Balaban J connectivity index is 1.71. The van der Waals surface area contributed by atoms with Crippen LogP contribution in [0.15, 0.2) is 30.3 Å². The third kappa shape index (κ3) is 4.28. The van der Waals surface area contributed by atoms with Gasteiger partial charge in [0, 0.05) is 0 Å². The van der Waals surface area contributed by atoms with Crippen LogP contribution >= 0.6 is 0 Å². The Labute approximate surface area is 121 Å². The molecule has 1 fully saturated rings. The van der Waals surface area contributed by atoms with Crippen molar-refractivity contribution in [1.29, 1.82) is 0 Å². The fourth-order valence-electron chi connectivity index (χ4n) is 2.02. The van der Waals surface area contributed by atoms with Crippen LogP contribution in [-0.2, 0) is 25.7 Å². The molecule has 0 bridgehead atoms. The zero-order valence-electron chi connectivity index (χ0n) is 11.2. The number of carbonyl (C=O) groups excluding carboxylic acids is 2. The lowest BCUT2D eigenvalue weighted by Crippen LogP contribution is -2.69. The van der Waals surface area contributed by atoms with Crippen LogP contribution in [0.3, 0.4) is 0 Å². The van der Waals surface area contributed by atoms with Gasteiger partial charge in [-0.2, -0.15) is 0 Å². The van der Waals surface area contributed by atoms with Gasteiger partial charge in [-0.05, 0) is 5.56 Å². The Hall–Kier alpha value is -2.41. The molecule has 112 valence electrons. The highest BCUT2D eigenvalue weighted by Gasteiger charge is 2.40. The lowest BCUT2D eigenvalue weighted by Gasteiger charge is -2.36. The SMILES string of the molecule is O=C(O)C[C@H]1NC(=O)[C@@H]1NCC(=O)OCc1ccccc1. The lowest BCUT2D eigenvalue weighted by atomic mass is 9.96. The molecule has 1 heterocycles. The average Bonchev–Trinajstić information content (AvgIpc) is 2.45. The quantitative estimate of drug-likeness (QED) is 0.469. The van der Waals surface area contributed by atoms with E-state index < -0.39 is 24.0 Å². The van der Waals surface area contributed by atoms with Crippen LogP contribution in [0.5, 0.6) is 0 Å². The Kier molecular flexibility index (Phi) is 4.89. The van der Waals surface area contributed by atoms with Gasteiger partial charge in [-0.15, -0.1) is 0 Å². The summed E-state index contributed by atoms with van der Waals surface area (Å²) in [5.74, 6) is -1.80. The summed E-state index contributed by atoms with van der Waals surface area (Å²) in [4.78, 5) is 33.4. The summed E-state index contributed by atoms with van der Waals surface area (Å²) in [6.45, 7) is 0.0256. The maximum absolute atomic E-state index is 11.6. The molecular formula is C14H16N2O5. The van der Waals surface area contributed by atoms with E-state index in [0.717, 1.165) is 5.56 Å². The maximum atomic E-state index is 11.6. The predicted molar refractivity (Wildman–Crippen MR) is 72.2 cm³/mol. The van der Waals surface area contributed by atoms with Gasteiger partial charge < -0.3 is 15.2 Å². The van der Waals surface area contributed by atoms with Crippen LogP contribution in [0.1, 0.15) is 12.0 Å². The fourth-order valence-corrected chi connectivity index (χ4v) is 2.02. The highest BCUT2D eigenvalue weighted by Crippen LogP contribution is 2.10. The van der Waals surface area contributed by atoms with Crippen LogP contribution in [0.4, 0.5) is 0 Å². The zero-order chi connectivity index (χ0) is 15.2. The molecule has 1 aromatic carbocycles. The molecule has 0 saturated carbocycles. The van der Waals surface area contributed by atoms with Gasteiger partial charge in [0.05, 0.1) is 19.0 Å². The number of amides is 1. The van der Waals surface area contributed by atoms with Crippen molar-refractivity contribution in [2.24, 2.45) is 0 Å². The van der Waals surface area contributed by atoms with Crippen molar-refractivity contribution in [3.63, 3.8) is 0 Å². The van der Waals surface area contributed by atoms with E-state index in [9.17, 15) is 14.4 Å². The number of nitrogens with one attached hydrogen (secondary N) is 2. The van der Waals surface area contributed by atoms with Gasteiger partial charge in [0.1, 0.15) is 12.6 Å². The standard InChI is InChI=1S/C14H16N2O5/c17-11(18)6-10-13(14(20)16-10)15-7-12(19)21-8-9-4-2-1-3-5-9/h1-5,10,13,15H,6-8H2,(H,16,20)(H,17,18)/t10-,13-/m1/s1. The van der Waals surface area contributed by atoms with Gasteiger partial charge in [-0.3, -0.25) is 19.7 Å². The molecule has 0 unspecified atom stereocenters. The number of hydrogen-bond acceptors (Lipinski definition) is 5. The van der Waals surface area contributed by atoms with Gasteiger partial charge in [0.25, 0.3) is 0 Å². The van der Waals surface area contributed by atoms with Crippen LogP contribution in [-0.4, -0.2) is 41.6 Å². The molecule has 0 aromatic heterocycles. The number of aliphatic carboxylic acids is 1. The number of ether oxygens (including phenoxy) is 1. The summed E-state index contributed by atoms with van der Waals surface area (Å²) >= 11 is 0. The van der Waals surface area contributed by atoms with Crippen LogP contribution in [0.25, 0.3) is 0 Å². The minimum absolute atomic E-state index is 0.138. The van der Waals surface area contributed by atoms with Crippen LogP contribution in [0.2, 0.25) is 0 Å². The molecule has 7 nitrogen and oxygen atoms in total. The molecule has 1 amide bonds. The van der Waals surface area contributed by atoms with E-state index in [1.54, 1.807) is 0 Å². The van der Waals surface area contributed by atoms with Gasteiger partial charge in [0.15, 0.2) is 0 Å². The number of carboxylic acid groups (broad SMARTS) is 1. The number of esters is 1. The smallest absolute Gasteiger partial charge is 0.320 e. The predicted octanol–water partition coefficient (Wildman–Crippen LogP) is -0.339. The Morgan fingerprint density at radius 3 is 2.62 bits per heavy atom. The molecule has 21 heavy (non-hydrogen) atoms. The highest BCUT2D eigenvalue weighted by molar-refractivity contribution is 5.91. The first-order valence-electron chi connectivity index (χ1n) is 6.51. The normalized spacial score (nSPS) is 20.3. The first-order chi connectivity index (χ1) is 10.1. The maximum Gasteiger partial charge on any atom is 0.320 e. The molecule has 1 aromatic rings. The summed E-state index contributed by atoms with van der Waals surface area (Å²) in [6, 6.07) is 8.08. The summed E-state index contributed by atoms with van der Waals surface area (Å²) in [7, 11) is 0. The van der Waals surface area contributed by atoms with Crippen molar-refractivity contribution in [2.45, 2.75) is 25.1 Å². The second-order valence-corrected chi connectivity index (χ2v) is 4.72. The van der Waals surface area contributed by atoms with Crippen molar-refractivity contribution in [1.82, 2.24) is 10.6 Å². The van der Waals surface area contributed by atoms with E-state index in [-0.39, 0.29) is 25.5 Å². The van der Waals surface area contributed by atoms with Crippen molar-refractivity contribution in [2.75, 3.05) is 6.54 Å². The summed E-state index contributed by atoms with van der Waals surface area (Å²) in [5, 5.41) is 13.9. The van der Waals surface area contributed by atoms with Crippen LogP contribution < -0.4 is 10.6 Å². The molecule has 2 rings (SSSR count). The van der Waals surface area contributed by atoms with Gasteiger partial charge in [-0.1, -0.05) is 30.3 Å². The van der Waals surface area contributed by atoms with Crippen molar-refractivity contribution < 1.29 is 24.2 Å². The summed E-state index contributed by atoms with van der Waals surface area (Å²) < 4.78 is 5.05. The number of carbonyl (C=O) groups is 3. The van der Waals surface area contributed by atoms with Crippen molar-refractivity contribution in [3.05, 3.63) is 35.9 Å². The summed E-state index contributed by atoms with van der Waals surface area (Å²) in [5.41, 5.74) is 0.871. The molecule has 7 heteroatoms. The number of rotatable bonds is 7. The molecule has 2 atom stereocenters. The average molecular weight is 292 g/mol. The second kappa shape index (κ2) is 6.85. The molecule has 0 spiro atoms. The van der Waals surface area contributed by atoms with E-state index in [0.29, 0.717) is 0 Å². The third-order valence-electron chi connectivity index (χ3n) is 3.12. The van der Waals surface area contributed by atoms with E-state index >= 15 is 0 Å². The van der Waals surface area contributed by atoms with E-state index in [2.05, 4.69) is 10.6 Å². The fraction of sp³-hybridized carbons (Fsp3) is 0.357. The largest absolute Gasteiger partial charge is 0.481 e. The molecule has 0 aliphatic carbocycles. The van der Waals surface area contributed by atoms with E-state index in [1.165, 1.54) is 0 Å². The zero-order valence-corrected chi connectivity index (χ0v) is 11.2. The summed E-state index contributed by atoms with van der Waals surface area (Å²) in [6.07, 6.45) is -0.178. The minimum Gasteiger partial charge on any atom is -0.481 e. The molecule has 0 radical (unpaired) electrons. The Morgan fingerprint density at radius 1 is 1.29 bits per heavy atom. The van der Waals surface area contributed by atoms with Gasteiger partial charge >= 0.3 is 11.9 Å². The molecule has 1 aliphatic heterocycles.